The maximum absolute atomic E-state index is 12.4. The zero-order valence-corrected chi connectivity index (χ0v) is 15.4. The smallest absolute Gasteiger partial charge is 0.261 e. The Morgan fingerprint density at radius 3 is 2.44 bits per heavy atom. The monoisotopic (exact) mass is 381 g/mol. The predicted octanol–water partition coefficient (Wildman–Crippen LogP) is 2.22. The molecule has 138 valence electrons. The summed E-state index contributed by atoms with van der Waals surface area (Å²) in [6.45, 7) is 0.238. The quantitative estimate of drug-likeness (QED) is 0.641. The van der Waals surface area contributed by atoms with Crippen LogP contribution in [0.2, 0.25) is 0 Å². The van der Waals surface area contributed by atoms with E-state index < -0.39 is 0 Å². The summed E-state index contributed by atoms with van der Waals surface area (Å²) in [5, 5.41) is 3.23. The van der Waals surface area contributed by atoms with Crippen molar-refractivity contribution in [3.8, 4) is 0 Å². The van der Waals surface area contributed by atoms with Gasteiger partial charge in [0.2, 0.25) is 5.91 Å². The van der Waals surface area contributed by atoms with E-state index in [-0.39, 0.29) is 35.6 Å². The first-order chi connectivity index (χ1) is 13.1. The molecule has 27 heavy (non-hydrogen) atoms. The minimum absolute atomic E-state index is 0.0888. The largest absolute Gasteiger partial charge is 0.304 e. The molecular weight excluding hydrogens is 362 g/mol. The van der Waals surface area contributed by atoms with Crippen LogP contribution in [-0.2, 0) is 4.79 Å². The van der Waals surface area contributed by atoms with Gasteiger partial charge in [0.15, 0.2) is 5.17 Å². The maximum atomic E-state index is 12.4. The molecule has 6 nitrogen and oxygen atoms in total. The molecule has 4 unspecified atom stereocenters. The van der Waals surface area contributed by atoms with Crippen molar-refractivity contribution in [1.29, 1.82) is 0 Å². The molecule has 4 atom stereocenters. The highest BCUT2D eigenvalue weighted by Crippen LogP contribution is 2.41. The van der Waals surface area contributed by atoms with E-state index in [1.807, 2.05) is 0 Å². The van der Waals surface area contributed by atoms with Crippen LogP contribution < -0.4 is 5.32 Å². The van der Waals surface area contributed by atoms with Crippen molar-refractivity contribution >= 4 is 34.7 Å². The number of thioether (sulfide) groups is 1. The fraction of sp³-hybridized carbons (Fsp3) is 0.400. The Labute approximate surface area is 161 Å². The minimum Gasteiger partial charge on any atom is -0.304 e. The number of aliphatic imine (C=N–C) groups is 1. The zero-order valence-electron chi connectivity index (χ0n) is 14.6. The lowest BCUT2D eigenvalue weighted by atomic mass is 10.0. The van der Waals surface area contributed by atoms with Crippen molar-refractivity contribution in [3.63, 3.8) is 0 Å². The van der Waals surface area contributed by atoms with Crippen LogP contribution in [0.25, 0.3) is 0 Å². The van der Waals surface area contributed by atoms with Gasteiger partial charge < -0.3 is 5.32 Å². The first kappa shape index (κ1) is 16.7. The lowest BCUT2D eigenvalue weighted by molar-refractivity contribution is -0.118. The van der Waals surface area contributed by atoms with Crippen molar-refractivity contribution in [2.75, 3.05) is 6.54 Å². The number of hydrogen-bond donors (Lipinski definition) is 1. The highest BCUT2D eigenvalue weighted by Gasteiger charge is 2.39. The second-order valence-corrected chi connectivity index (χ2v) is 8.67. The summed E-state index contributed by atoms with van der Waals surface area (Å²) < 4.78 is 0. The van der Waals surface area contributed by atoms with Crippen LogP contribution in [0.15, 0.2) is 41.4 Å². The SMILES string of the molecule is O=C1NC(=NC2CC3C=CC2C3)SC1CCN1C(=O)c2ccccc2C1=O. The molecule has 7 heteroatoms. The highest BCUT2D eigenvalue weighted by molar-refractivity contribution is 8.15. The Morgan fingerprint density at radius 2 is 1.81 bits per heavy atom. The lowest BCUT2D eigenvalue weighted by Gasteiger charge is -2.15. The molecule has 3 amide bonds. The van der Waals surface area contributed by atoms with E-state index in [1.54, 1.807) is 24.3 Å². The van der Waals surface area contributed by atoms with Crippen molar-refractivity contribution in [2.24, 2.45) is 16.8 Å². The Kier molecular flexibility index (Phi) is 3.93. The fourth-order valence-corrected chi connectivity index (χ4v) is 5.41. The number of amides is 3. The number of fused-ring (bicyclic) bond motifs is 3. The Balaban J connectivity index is 1.22. The summed E-state index contributed by atoms with van der Waals surface area (Å²) in [4.78, 5) is 43.1. The molecule has 0 aromatic heterocycles. The topological polar surface area (TPSA) is 78.8 Å². The fourth-order valence-electron chi connectivity index (χ4n) is 4.40. The van der Waals surface area contributed by atoms with Gasteiger partial charge in [0.1, 0.15) is 0 Å². The van der Waals surface area contributed by atoms with Gasteiger partial charge in [-0.3, -0.25) is 24.3 Å². The normalized spacial score (nSPS) is 32.7. The predicted molar refractivity (Wildman–Crippen MR) is 103 cm³/mol. The average molecular weight is 381 g/mol. The molecule has 4 aliphatic rings. The number of benzene rings is 1. The van der Waals surface area contributed by atoms with E-state index in [4.69, 9.17) is 4.99 Å². The van der Waals surface area contributed by atoms with E-state index in [1.165, 1.54) is 23.1 Å². The second-order valence-electron chi connectivity index (χ2n) is 7.47. The van der Waals surface area contributed by atoms with Crippen LogP contribution in [-0.4, -0.2) is 45.6 Å². The molecule has 2 aliphatic carbocycles. The van der Waals surface area contributed by atoms with E-state index in [0.717, 1.165) is 6.42 Å². The summed E-state index contributed by atoms with van der Waals surface area (Å²) in [6.07, 6.45) is 7.17. The van der Waals surface area contributed by atoms with Gasteiger partial charge in [0.05, 0.1) is 22.4 Å². The molecule has 0 radical (unpaired) electrons. The van der Waals surface area contributed by atoms with E-state index in [9.17, 15) is 14.4 Å². The molecule has 1 saturated heterocycles. The first-order valence-corrected chi connectivity index (χ1v) is 10.2. The number of imide groups is 1. The molecule has 2 bridgehead atoms. The van der Waals surface area contributed by atoms with E-state index in [2.05, 4.69) is 17.5 Å². The molecule has 1 saturated carbocycles. The molecule has 2 fully saturated rings. The Hall–Kier alpha value is -2.41. The molecule has 1 N–H and O–H groups in total. The molecule has 2 heterocycles. The highest BCUT2D eigenvalue weighted by atomic mass is 32.2. The molecule has 0 spiro atoms. The number of nitrogens with one attached hydrogen (secondary N) is 1. The van der Waals surface area contributed by atoms with Gasteiger partial charge in [-0.2, -0.15) is 0 Å². The number of amidine groups is 1. The van der Waals surface area contributed by atoms with Gasteiger partial charge in [-0.05, 0) is 43.2 Å². The molecule has 5 rings (SSSR count). The lowest BCUT2D eigenvalue weighted by Crippen LogP contribution is -2.34. The molecule has 2 aliphatic heterocycles. The van der Waals surface area contributed by atoms with Crippen LogP contribution >= 0.6 is 11.8 Å². The number of nitrogens with zero attached hydrogens (tertiary/aromatic N) is 2. The van der Waals surface area contributed by atoms with Crippen LogP contribution in [0.4, 0.5) is 0 Å². The first-order valence-electron chi connectivity index (χ1n) is 9.29. The third kappa shape index (κ3) is 2.81. The van der Waals surface area contributed by atoms with Crippen molar-refractivity contribution in [1.82, 2.24) is 10.2 Å². The number of hydrogen-bond acceptors (Lipinski definition) is 5. The van der Waals surface area contributed by atoms with Crippen LogP contribution in [0, 0.1) is 11.8 Å². The van der Waals surface area contributed by atoms with Crippen molar-refractivity contribution < 1.29 is 14.4 Å². The van der Waals surface area contributed by atoms with Gasteiger partial charge >= 0.3 is 0 Å². The number of allylic oxidation sites excluding steroid dienone is 1. The zero-order chi connectivity index (χ0) is 18.5. The molecule has 1 aromatic carbocycles. The summed E-state index contributed by atoms with van der Waals surface area (Å²) in [6, 6.07) is 7.10. The van der Waals surface area contributed by atoms with Crippen LogP contribution in [0.5, 0.6) is 0 Å². The molecular formula is C20H19N3O3S. The van der Waals surface area contributed by atoms with Gasteiger partial charge in [-0.15, -0.1) is 0 Å². The summed E-state index contributed by atoms with van der Waals surface area (Å²) in [5.41, 5.74) is 0.884. The third-order valence-electron chi connectivity index (χ3n) is 5.80. The summed E-state index contributed by atoms with van der Waals surface area (Å²) in [7, 11) is 0. The van der Waals surface area contributed by atoms with Gasteiger partial charge in [0, 0.05) is 6.54 Å². The van der Waals surface area contributed by atoms with Gasteiger partial charge in [-0.1, -0.05) is 36.0 Å². The summed E-state index contributed by atoms with van der Waals surface area (Å²) in [5.74, 6) is 0.492. The third-order valence-corrected chi connectivity index (χ3v) is 6.96. The second kappa shape index (κ2) is 6.34. The van der Waals surface area contributed by atoms with Crippen molar-refractivity contribution in [2.45, 2.75) is 30.6 Å². The molecule has 1 aromatic rings. The van der Waals surface area contributed by atoms with E-state index in [0.29, 0.717) is 34.6 Å². The Bertz CT molecular complexity index is 874. The number of carbonyl (C=O) groups is 3. The van der Waals surface area contributed by atoms with Crippen LogP contribution in [0.1, 0.15) is 40.0 Å². The summed E-state index contributed by atoms with van der Waals surface area (Å²) >= 11 is 1.42. The standard InChI is InChI=1S/C20H19N3O3S/c24-17-16(27-20(22-17)21-15-10-11-5-6-12(15)9-11)7-8-23-18(25)13-3-1-2-4-14(13)19(23)26/h1-6,11-12,15-16H,7-10H2,(H,21,22,24). The van der Waals surface area contributed by atoms with Gasteiger partial charge in [-0.25, -0.2) is 0 Å². The van der Waals surface area contributed by atoms with Gasteiger partial charge in [0.25, 0.3) is 11.8 Å². The minimum atomic E-state index is -0.317. The van der Waals surface area contributed by atoms with Crippen LogP contribution in [0.3, 0.4) is 0 Å². The maximum Gasteiger partial charge on any atom is 0.261 e. The number of rotatable bonds is 4. The number of carbonyl (C=O) groups excluding carboxylic acids is 3. The van der Waals surface area contributed by atoms with E-state index >= 15 is 0 Å². The average Bonchev–Trinajstić information content (AvgIpc) is 3.41. The van der Waals surface area contributed by atoms with Crippen molar-refractivity contribution in [3.05, 3.63) is 47.5 Å². The Morgan fingerprint density at radius 1 is 1.07 bits per heavy atom.